The monoisotopic (exact) mass is 526 g/mol. The van der Waals surface area contributed by atoms with Crippen LogP contribution < -0.4 is 4.74 Å². The third kappa shape index (κ3) is 11.8. The van der Waals surface area contributed by atoms with Crippen LogP contribution in [-0.4, -0.2) is 49.4 Å². The van der Waals surface area contributed by atoms with E-state index in [0.717, 1.165) is 0 Å². The first kappa shape index (κ1) is 29.6. The standard InChI is InChI=1S/C26H29F3O8/c1-17(2)24(32)35-16-15-34-22(30)12-5-18-3-8-21(9-4-18)37-25(33)19-6-10-20(11-7-19)36-23(31)13-14-26(27,28)29/h3-5,8-9,12,19-20H,1,6-7,10-11,13-16H2,2H3/b12-5+/t19-,20-. The molecule has 0 atom stereocenters. The molecule has 1 aliphatic carbocycles. The smallest absolute Gasteiger partial charge is 0.389 e. The summed E-state index contributed by atoms with van der Waals surface area (Å²) in [5.74, 6) is -2.62. The van der Waals surface area contributed by atoms with Gasteiger partial charge in [0.25, 0.3) is 0 Å². The van der Waals surface area contributed by atoms with Gasteiger partial charge in [-0.15, -0.1) is 0 Å². The second-order valence-electron chi connectivity index (χ2n) is 8.49. The molecule has 1 aromatic carbocycles. The van der Waals surface area contributed by atoms with E-state index in [1.807, 2.05) is 0 Å². The Hall–Kier alpha value is -3.63. The number of carbonyl (C=O) groups excluding carboxylic acids is 4. The lowest BCUT2D eigenvalue weighted by atomic mass is 9.87. The molecule has 0 radical (unpaired) electrons. The fourth-order valence-electron chi connectivity index (χ4n) is 3.36. The van der Waals surface area contributed by atoms with Crippen molar-refractivity contribution in [2.75, 3.05) is 13.2 Å². The number of alkyl halides is 3. The number of rotatable bonds is 11. The van der Waals surface area contributed by atoms with Crippen molar-refractivity contribution in [3.05, 3.63) is 48.1 Å². The zero-order valence-electron chi connectivity index (χ0n) is 20.4. The van der Waals surface area contributed by atoms with E-state index in [1.165, 1.54) is 19.1 Å². The molecule has 2 rings (SSSR count). The number of carbonyl (C=O) groups is 4. The van der Waals surface area contributed by atoms with Crippen LogP contribution in [0, 0.1) is 5.92 Å². The summed E-state index contributed by atoms with van der Waals surface area (Å²) in [6, 6.07) is 6.40. The molecular weight excluding hydrogens is 497 g/mol. The largest absolute Gasteiger partial charge is 0.462 e. The predicted molar refractivity (Wildman–Crippen MR) is 125 cm³/mol. The third-order valence-electron chi connectivity index (χ3n) is 5.34. The van der Waals surface area contributed by atoms with E-state index in [4.69, 9.17) is 18.9 Å². The van der Waals surface area contributed by atoms with E-state index in [-0.39, 0.29) is 18.8 Å². The Bertz CT molecular complexity index is 990. The van der Waals surface area contributed by atoms with Crippen LogP contribution in [0.1, 0.15) is 51.0 Å². The Labute approximate surface area is 212 Å². The quantitative estimate of drug-likeness (QED) is 0.134. The van der Waals surface area contributed by atoms with Crippen LogP contribution in [-0.2, 0) is 33.4 Å². The summed E-state index contributed by atoms with van der Waals surface area (Å²) < 4.78 is 56.8. The Morgan fingerprint density at radius 3 is 2.22 bits per heavy atom. The Morgan fingerprint density at radius 2 is 1.62 bits per heavy atom. The number of benzene rings is 1. The lowest BCUT2D eigenvalue weighted by Gasteiger charge is -2.27. The maximum atomic E-state index is 12.4. The first-order valence-corrected chi connectivity index (χ1v) is 11.7. The van der Waals surface area contributed by atoms with Gasteiger partial charge in [-0.1, -0.05) is 18.7 Å². The van der Waals surface area contributed by atoms with Crippen LogP contribution in [0.25, 0.3) is 6.08 Å². The summed E-state index contributed by atoms with van der Waals surface area (Å²) in [5, 5.41) is 0. The molecule has 0 heterocycles. The highest BCUT2D eigenvalue weighted by Gasteiger charge is 2.32. The van der Waals surface area contributed by atoms with Crippen molar-refractivity contribution in [1.82, 2.24) is 0 Å². The molecule has 8 nitrogen and oxygen atoms in total. The van der Waals surface area contributed by atoms with Crippen LogP contribution in [0.4, 0.5) is 13.2 Å². The van der Waals surface area contributed by atoms with E-state index in [0.29, 0.717) is 37.0 Å². The van der Waals surface area contributed by atoms with Gasteiger partial charge in [0, 0.05) is 11.6 Å². The minimum Gasteiger partial charge on any atom is -0.462 e. The van der Waals surface area contributed by atoms with Crippen molar-refractivity contribution in [1.29, 1.82) is 0 Å². The van der Waals surface area contributed by atoms with Gasteiger partial charge in [0.05, 0.1) is 18.8 Å². The summed E-state index contributed by atoms with van der Waals surface area (Å²) in [6.07, 6.45) is -2.62. The van der Waals surface area contributed by atoms with E-state index in [2.05, 4.69) is 6.58 Å². The Morgan fingerprint density at radius 1 is 1.00 bits per heavy atom. The molecule has 1 aromatic rings. The van der Waals surface area contributed by atoms with Crippen molar-refractivity contribution < 1.29 is 51.3 Å². The normalized spacial score (nSPS) is 17.6. The minimum atomic E-state index is -4.41. The number of hydrogen-bond acceptors (Lipinski definition) is 8. The van der Waals surface area contributed by atoms with Gasteiger partial charge in [0.2, 0.25) is 0 Å². The van der Waals surface area contributed by atoms with Crippen molar-refractivity contribution >= 4 is 30.0 Å². The molecule has 1 fully saturated rings. The van der Waals surface area contributed by atoms with Gasteiger partial charge in [-0.3, -0.25) is 9.59 Å². The third-order valence-corrected chi connectivity index (χ3v) is 5.34. The van der Waals surface area contributed by atoms with Crippen molar-refractivity contribution in [3.63, 3.8) is 0 Å². The van der Waals surface area contributed by atoms with E-state index in [1.54, 1.807) is 24.3 Å². The van der Waals surface area contributed by atoms with Crippen LogP contribution in [0.15, 0.2) is 42.5 Å². The minimum absolute atomic E-state index is 0.0832. The number of hydrogen-bond donors (Lipinski definition) is 0. The lowest BCUT2D eigenvalue weighted by molar-refractivity contribution is -0.163. The van der Waals surface area contributed by atoms with Gasteiger partial charge in [0.15, 0.2) is 0 Å². The predicted octanol–water partition coefficient (Wildman–Crippen LogP) is 4.71. The van der Waals surface area contributed by atoms with Gasteiger partial charge in [0.1, 0.15) is 25.1 Å². The number of halogens is 3. The van der Waals surface area contributed by atoms with E-state index >= 15 is 0 Å². The highest BCUT2D eigenvalue weighted by Crippen LogP contribution is 2.29. The first-order chi connectivity index (χ1) is 17.4. The van der Waals surface area contributed by atoms with Gasteiger partial charge >= 0.3 is 30.1 Å². The average molecular weight is 527 g/mol. The van der Waals surface area contributed by atoms with Crippen LogP contribution >= 0.6 is 0 Å². The summed E-state index contributed by atoms with van der Waals surface area (Å²) in [5.41, 5.74) is 0.898. The molecule has 0 amide bonds. The highest BCUT2D eigenvalue weighted by atomic mass is 19.4. The SMILES string of the molecule is C=C(C)C(=O)OCCOC(=O)/C=C/c1ccc(OC(=O)[C@H]2CC[C@H](OC(=O)CCC(F)(F)F)CC2)cc1. The number of esters is 4. The van der Waals surface area contributed by atoms with Crippen LogP contribution in [0.2, 0.25) is 0 Å². The highest BCUT2D eigenvalue weighted by molar-refractivity contribution is 5.87. The molecule has 11 heteroatoms. The van der Waals surface area contributed by atoms with Gasteiger partial charge < -0.3 is 18.9 Å². The van der Waals surface area contributed by atoms with Crippen molar-refractivity contribution in [3.8, 4) is 5.75 Å². The zero-order chi connectivity index (χ0) is 27.4. The molecule has 0 saturated heterocycles. The molecule has 0 unspecified atom stereocenters. The van der Waals surface area contributed by atoms with Gasteiger partial charge in [-0.05, 0) is 56.4 Å². The average Bonchev–Trinajstić information content (AvgIpc) is 2.84. The van der Waals surface area contributed by atoms with Crippen molar-refractivity contribution in [2.45, 2.75) is 57.7 Å². The van der Waals surface area contributed by atoms with Gasteiger partial charge in [-0.25, -0.2) is 9.59 Å². The summed E-state index contributed by atoms with van der Waals surface area (Å²) in [6.45, 7) is 4.76. The van der Waals surface area contributed by atoms with Gasteiger partial charge in [-0.2, -0.15) is 13.2 Å². The molecular formula is C26H29F3O8. The molecule has 1 saturated carbocycles. The molecule has 0 bridgehead atoms. The van der Waals surface area contributed by atoms with E-state index in [9.17, 15) is 32.3 Å². The molecule has 202 valence electrons. The van der Waals surface area contributed by atoms with Crippen molar-refractivity contribution in [2.24, 2.45) is 5.92 Å². The maximum absolute atomic E-state index is 12.4. The molecule has 0 spiro atoms. The van der Waals surface area contributed by atoms with E-state index < -0.39 is 54.9 Å². The second kappa shape index (κ2) is 14.2. The maximum Gasteiger partial charge on any atom is 0.389 e. The number of ether oxygens (including phenoxy) is 4. The molecule has 0 aromatic heterocycles. The zero-order valence-corrected chi connectivity index (χ0v) is 20.4. The van der Waals surface area contributed by atoms with Crippen LogP contribution in [0.5, 0.6) is 5.75 Å². The fraction of sp³-hybridized carbons (Fsp3) is 0.462. The summed E-state index contributed by atoms with van der Waals surface area (Å²) in [7, 11) is 0. The molecule has 1 aliphatic rings. The molecule has 37 heavy (non-hydrogen) atoms. The van der Waals surface area contributed by atoms with Crippen LogP contribution in [0.3, 0.4) is 0 Å². The topological polar surface area (TPSA) is 105 Å². The summed E-state index contributed by atoms with van der Waals surface area (Å²) in [4.78, 5) is 47.0. The second-order valence-corrected chi connectivity index (χ2v) is 8.49. The fourth-order valence-corrected chi connectivity index (χ4v) is 3.36. The molecule has 0 aliphatic heterocycles. The Balaban J connectivity index is 1.70. The first-order valence-electron chi connectivity index (χ1n) is 11.7. The molecule has 0 N–H and O–H groups in total. The Kier molecular flexibility index (Phi) is 11.4. The lowest BCUT2D eigenvalue weighted by Crippen LogP contribution is -2.30. The summed E-state index contributed by atoms with van der Waals surface area (Å²) >= 11 is 0.